The van der Waals surface area contributed by atoms with Gasteiger partial charge >= 0.3 is 11.9 Å². The van der Waals surface area contributed by atoms with Gasteiger partial charge in [-0.1, -0.05) is 63.1 Å². The van der Waals surface area contributed by atoms with E-state index in [1.165, 1.54) is 5.56 Å². The van der Waals surface area contributed by atoms with Crippen LogP contribution < -0.4 is 0 Å². The van der Waals surface area contributed by atoms with Crippen molar-refractivity contribution in [3.8, 4) is 0 Å². The molecule has 2 bridgehead atoms. The number of carbonyl (C=O) groups excluding carboxylic acids is 2. The van der Waals surface area contributed by atoms with Crippen molar-refractivity contribution in [2.45, 2.75) is 71.6 Å². The Balaban J connectivity index is 1.59. The molecule has 4 atom stereocenters. The van der Waals surface area contributed by atoms with Crippen molar-refractivity contribution in [3.63, 3.8) is 0 Å². The van der Waals surface area contributed by atoms with Crippen molar-refractivity contribution in [2.75, 3.05) is 0 Å². The van der Waals surface area contributed by atoms with Crippen molar-refractivity contribution >= 4 is 11.9 Å². The Hall–Kier alpha value is -2.88. The van der Waals surface area contributed by atoms with Gasteiger partial charge in [0.1, 0.15) is 11.5 Å². The molecule has 4 aliphatic carbocycles. The molecular formula is C31H34O4. The lowest BCUT2D eigenvalue weighted by molar-refractivity contribution is -0.136. The summed E-state index contributed by atoms with van der Waals surface area (Å²) in [4.78, 5) is 26.8. The van der Waals surface area contributed by atoms with E-state index in [-0.39, 0.29) is 29.2 Å². The van der Waals surface area contributed by atoms with Crippen molar-refractivity contribution in [3.05, 3.63) is 82.4 Å². The second kappa shape index (κ2) is 8.36. The molecule has 1 aromatic carbocycles. The third kappa shape index (κ3) is 3.11. The maximum Gasteiger partial charge on any atom is 0.340 e. The van der Waals surface area contributed by atoms with Crippen LogP contribution in [-0.2, 0) is 25.5 Å². The third-order valence-corrected chi connectivity index (χ3v) is 9.15. The number of hydrogen-bond acceptors (Lipinski definition) is 4. The van der Waals surface area contributed by atoms with E-state index in [1.54, 1.807) is 0 Å². The number of fused-ring (bicyclic) bond motifs is 1. The third-order valence-electron chi connectivity index (χ3n) is 9.15. The molecule has 2 aliphatic heterocycles. The molecule has 0 unspecified atom stereocenters. The second-order valence-electron chi connectivity index (χ2n) is 10.9. The van der Waals surface area contributed by atoms with Crippen LogP contribution in [0.2, 0.25) is 0 Å². The summed E-state index contributed by atoms with van der Waals surface area (Å²) in [5, 5.41) is 0. The van der Waals surface area contributed by atoms with Gasteiger partial charge in [0.05, 0.1) is 5.41 Å². The molecule has 0 N–H and O–H groups in total. The minimum Gasteiger partial charge on any atom is -0.427 e. The van der Waals surface area contributed by atoms with Crippen LogP contribution in [0.4, 0.5) is 0 Å². The average Bonchev–Trinajstić information content (AvgIpc) is 3.35. The van der Waals surface area contributed by atoms with E-state index >= 15 is 0 Å². The molecule has 35 heavy (non-hydrogen) atoms. The summed E-state index contributed by atoms with van der Waals surface area (Å²) in [6.07, 6.45) is 14.8. The van der Waals surface area contributed by atoms with E-state index in [4.69, 9.17) is 9.47 Å². The summed E-state index contributed by atoms with van der Waals surface area (Å²) >= 11 is 0. The molecule has 0 amide bonds. The first-order chi connectivity index (χ1) is 17.0. The van der Waals surface area contributed by atoms with Gasteiger partial charge < -0.3 is 9.47 Å². The standard InChI is InChI=1S/C31H34O4/c1-3-5-12-24-22-15-16-30(19-20-10-8-7-9-11-20)21-14-17-31(27(30)26(22)29(33)34-24)23(18-21)28(32)35-25(31)13-6-4-2/h7-13,18,21,27H,3-6,14-17,19H2,1-2H3/b24-12-,25-13?/t21-,27-,30+,31+/m0/s1. The van der Waals surface area contributed by atoms with E-state index in [1.807, 2.05) is 0 Å². The Labute approximate surface area is 207 Å². The highest BCUT2D eigenvalue weighted by Crippen LogP contribution is 2.73. The first-order valence-electron chi connectivity index (χ1n) is 13.4. The number of cyclic esters (lactones) is 2. The molecule has 2 heterocycles. The normalized spacial score (nSPS) is 35.1. The van der Waals surface area contributed by atoms with Gasteiger partial charge in [0.25, 0.3) is 0 Å². The lowest BCUT2D eigenvalue weighted by Gasteiger charge is -2.61. The fourth-order valence-corrected chi connectivity index (χ4v) is 7.78. The summed E-state index contributed by atoms with van der Waals surface area (Å²) in [5.41, 5.74) is 3.28. The summed E-state index contributed by atoms with van der Waals surface area (Å²) < 4.78 is 11.9. The van der Waals surface area contributed by atoms with Gasteiger partial charge in [-0.25, -0.2) is 9.59 Å². The van der Waals surface area contributed by atoms with Gasteiger partial charge in [-0.15, -0.1) is 0 Å². The zero-order valence-electron chi connectivity index (χ0n) is 20.8. The summed E-state index contributed by atoms with van der Waals surface area (Å²) in [6.45, 7) is 4.28. The summed E-state index contributed by atoms with van der Waals surface area (Å²) in [6, 6.07) is 10.6. The van der Waals surface area contributed by atoms with E-state index in [0.717, 1.165) is 86.0 Å². The average molecular weight is 471 g/mol. The molecule has 1 saturated carbocycles. The molecule has 0 radical (unpaired) electrons. The van der Waals surface area contributed by atoms with Crippen LogP contribution in [-0.4, -0.2) is 11.9 Å². The van der Waals surface area contributed by atoms with Gasteiger partial charge in [-0.2, -0.15) is 0 Å². The molecule has 1 spiro atoms. The Morgan fingerprint density at radius 1 is 0.971 bits per heavy atom. The van der Waals surface area contributed by atoms with Gasteiger partial charge in [0.15, 0.2) is 0 Å². The lowest BCUT2D eigenvalue weighted by Crippen LogP contribution is -2.58. The van der Waals surface area contributed by atoms with Gasteiger partial charge in [0, 0.05) is 22.6 Å². The molecule has 4 heteroatoms. The molecule has 7 rings (SSSR count). The fourth-order valence-electron chi connectivity index (χ4n) is 7.78. The lowest BCUT2D eigenvalue weighted by atomic mass is 9.39. The SMILES string of the molecule is CCCC=C1OC(=O)C2=C[C@@H]3CC[C@]12[C@H]1C2=C(CC[C@@]31Cc1ccccc1)/C(=C/CCC)OC2=O. The molecule has 182 valence electrons. The summed E-state index contributed by atoms with van der Waals surface area (Å²) in [5.74, 6) is 1.25. The predicted molar refractivity (Wildman–Crippen MR) is 134 cm³/mol. The zero-order valence-corrected chi connectivity index (χ0v) is 20.8. The van der Waals surface area contributed by atoms with E-state index in [2.05, 4.69) is 62.4 Å². The van der Waals surface area contributed by atoms with Crippen LogP contribution in [0.1, 0.15) is 70.8 Å². The first kappa shape index (κ1) is 22.6. The fraction of sp³-hybridized carbons (Fsp3) is 0.484. The van der Waals surface area contributed by atoms with Crippen LogP contribution >= 0.6 is 0 Å². The number of rotatable bonds is 6. The molecule has 1 aromatic rings. The van der Waals surface area contributed by atoms with E-state index < -0.39 is 5.41 Å². The predicted octanol–water partition coefficient (Wildman–Crippen LogP) is 6.74. The maximum atomic E-state index is 13.6. The number of allylic oxidation sites excluding steroid dienone is 5. The topological polar surface area (TPSA) is 52.6 Å². The second-order valence-corrected chi connectivity index (χ2v) is 10.9. The highest BCUT2D eigenvalue weighted by atomic mass is 16.5. The van der Waals surface area contributed by atoms with Crippen LogP contribution in [0.5, 0.6) is 0 Å². The van der Waals surface area contributed by atoms with Crippen molar-refractivity contribution in [1.82, 2.24) is 0 Å². The molecule has 1 saturated heterocycles. The molecule has 6 aliphatic rings. The van der Waals surface area contributed by atoms with Gasteiger partial charge in [0.2, 0.25) is 0 Å². The molecule has 0 aromatic heterocycles. The Bertz CT molecular complexity index is 1200. The largest absolute Gasteiger partial charge is 0.427 e. The number of unbranched alkanes of at least 4 members (excludes halogenated alkanes) is 2. The van der Waals surface area contributed by atoms with Crippen molar-refractivity contribution in [1.29, 1.82) is 0 Å². The number of carbonyl (C=O) groups is 2. The van der Waals surface area contributed by atoms with Crippen LogP contribution in [0.3, 0.4) is 0 Å². The zero-order chi connectivity index (χ0) is 24.2. The van der Waals surface area contributed by atoms with E-state index in [9.17, 15) is 9.59 Å². The first-order valence-corrected chi connectivity index (χ1v) is 13.4. The van der Waals surface area contributed by atoms with Gasteiger partial charge in [-0.05, 0) is 74.0 Å². The van der Waals surface area contributed by atoms with Crippen molar-refractivity contribution in [2.24, 2.45) is 22.7 Å². The number of esters is 2. The highest BCUT2D eigenvalue weighted by Gasteiger charge is 2.71. The Morgan fingerprint density at radius 3 is 2.51 bits per heavy atom. The van der Waals surface area contributed by atoms with E-state index in [0.29, 0.717) is 0 Å². The molecule has 4 nitrogen and oxygen atoms in total. The number of benzene rings is 1. The van der Waals surface area contributed by atoms with Crippen LogP contribution in [0, 0.1) is 22.7 Å². The Kier molecular flexibility index (Phi) is 5.39. The quantitative estimate of drug-likeness (QED) is 0.432. The monoisotopic (exact) mass is 470 g/mol. The van der Waals surface area contributed by atoms with Gasteiger partial charge in [-0.3, -0.25) is 0 Å². The van der Waals surface area contributed by atoms with Crippen LogP contribution in [0.15, 0.2) is 76.8 Å². The minimum absolute atomic E-state index is 0.104. The van der Waals surface area contributed by atoms with Crippen LogP contribution in [0.25, 0.3) is 0 Å². The minimum atomic E-state index is -0.560. The number of ether oxygens (including phenoxy) is 2. The molecule has 2 fully saturated rings. The smallest absolute Gasteiger partial charge is 0.340 e. The summed E-state index contributed by atoms with van der Waals surface area (Å²) in [7, 11) is 0. The van der Waals surface area contributed by atoms with Crippen molar-refractivity contribution < 1.29 is 19.1 Å². The Morgan fingerprint density at radius 2 is 1.74 bits per heavy atom. The molecular weight excluding hydrogens is 436 g/mol. The highest BCUT2D eigenvalue weighted by molar-refractivity contribution is 6.00. The number of hydrogen-bond donors (Lipinski definition) is 0. The maximum absolute atomic E-state index is 13.6.